The molecule has 7 heteroatoms. The number of halogens is 3. The summed E-state index contributed by atoms with van der Waals surface area (Å²) in [6.45, 7) is 6.96. The summed E-state index contributed by atoms with van der Waals surface area (Å²) in [6, 6.07) is 7.93. The Bertz CT molecular complexity index is 862. The molecule has 1 aliphatic rings. The Morgan fingerprint density at radius 1 is 1.11 bits per heavy atom. The molecule has 1 heterocycles. The second-order valence-electron chi connectivity index (χ2n) is 7.76. The third-order valence-electron chi connectivity index (χ3n) is 4.62. The van der Waals surface area contributed by atoms with Crippen molar-refractivity contribution in [3.63, 3.8) is 0 Å². The lowest BCUT2D eigenvalue weighted by molar-refractivity contribution is -0.191. The first-order valence-electron chi connectivity index (χ1n) is 8.83. The van der Waals surface area contributed by atoms with Crippen LogP contribution >= 0.6 is 0 Å². The van der Waals surface area contributed by atoms with Gasteiger partial charge < -0.3 is 4.74 Å². The third-order valence-corrected chi connectivity index (χ3v) is 4.62. The van der Waals surface area contributed by atoms with Crippen LogP contribution in [0.4, 0.5) is 13.2 Å². The van der Waals surface area contributed by atoms with Crippen molar-refractivity contribution >= 4 is 16.7 Å². The van der Waals surface area contributed by atoms with E-state index in [-0.39, 0.29) is 18.2 Å². The second-order valence-corrected chi connectivity index (χ2v) is 7.76. The minimum atomic E-state index is -4.56. The number of nitrogens with one attached hydrogen (secondary N) is 1. The van der Waals surface area contributed by atoms with Gasteiger partial charge in [0.1, 0.15) is 5.75 Å². The summed E-state index contributed by atoms with van der Waals surface area (Å²) in [6.07, 6.45) is -4.66. The van der Waals surface area contributed by atoms with Gasteiger partial charge in [-0.25, -0.2) is 5.01 Å². The highest BCUT2D eigenvalue weighted by Gasteiger charge is 2.51. The van der Waals surface area contributed by atoms with Gasteiger partial charge in [-0.1, -0.05) is 30.3 Å². The van der Waals surface area contributed by atoms with Gasteiger partial charge in [0.15, 0.2) is 6.04 Å². The van der Waals surface area contributed by atoms with E-state index in [1.165, 1.54) is 6.07 Å². The third kappa shape index (κ3) is 3.74. The van der Waals surface area contributed by atoms with Crippen molar-refractivity contribution in [3.8, 4) is 5.75 Å². The predicted octanol–water partition coefficient (Wildman–Crippen LogP) is 4.60. The first-order valence-corrected chi connectivity index (χ1v) is 8.83. The number of hydrogen-bond donors (Lipinski definition) is 1. The molecule has 4 nitrogen and oxygen atoms in total. The molecule has 0 bridgehead atoms. The summed E-state index contributed by atoms with van der Waals surface area (Å²) in [7, 11) is 0. The van der Waals surface area contributed by atoms with E-state index in [9.17, 15) is 18.0 Å². The Balaban J connectivity index is 2.14. The lowest BCUT2D eigenvalue weighted by Gasteiger charge is -2.30. The minimum Gasteiger partial charge on any atom is -0.490 e. The van der Waals surface area contributed by atoms with Gasteiger partial charge >= 0.3 is 6.18 Å². The van der Waals surface area contributed by atoms with Crippen molar-refractivity contribution in [2.75, 3.05) is 6.54 Å². The molecule has 3 rings (SSSR count). The van der Waals surface area contributed by atoms with Crippen LogP contribution in [-0.4, -0.2) is 29.7 Å². The van der Waals surface area contributed by atoms with Gasteiger partial charge in [-0.15, -0.1) is 0 Å². The van der Waals surface area contributed by atoms with Gasteiger partial charge in [-0.05, 0) is 44.7 Å². The van der Waals surface area contributed by atoms with Crippen molar-refractivity contribution in [2.24, 2.45) is 5.41 Å². The van der Waals surface area contributed by atoms with Gasteiger partial charge in [0, 0.05) is 11.9 Å². The minimum absolute atomic E-state index is 0.0332. The lowest BCUT2D eigenvalue weighted by atomic mass is 9.93. The number of fused-ring (bicyclic) bond motifs is 1. The van der Waals surface area contributed by atoms with E-state index in [4.69, 9.17) is 4.74 Å². The van der Waals surface area contributed by atoms with Crippen LogP contribution in [0.1, 0.15) is 39.3 Å². The number of ether oxygens (including phenoxy) is 1. The first-order chi connectivity index (χ1) is 12.5. The predicted molar refractivity (Wildman–Crippen MR) is 97.1 cm³/mol. The Kier molecular flexibility index (Phi) is 4.84. The van der Waals surface area contributed by atoms with Crippen LogP contribution in [0.2, 0.25) is 0 Å². The molecule has 1 fully saturated rings. The Hall–Kier alpha value is -2.28. The number of hydrogen-bond acceptors (Lipinski definition) is 3. The van der Waals surface area contributed by atoms with Crippen LogP contribution in [0.3, 0.4) is 0 Å². The Labute approximate surface area is 156 Å². The number of amides is 1. The summed E-state index contributed by atoms with van der Waals surface area (Å²) < 4.78 is 47.9. The number of nitrogens with zero attached hydrogens (tertiary/aromatic N) is 1. The fraction of sp³-hybridized carbons (Fsp3) is 0.450. The number of hydrazine groups is 1. The van der Waals surface area contributed by atoms with Crippen LogP contribution in [-0.2, 0) is 4.79 Å². The molecule has 0 saturated carbocycles. The SMILES string of the molecule is CC(C)Oc1cccc2c([C@H](N3CC(C)(C)C(=O)N3)C(F)(F)F)cccc12. The summed E-state index contributed by atoms with van der Waals surface area (Å²) in [4.78, 5) is 12.1. The molecule has 0 aromatic heterocycles. The zero-order valence-corrected chi connectivity index (χ0v) is 15.7. The average molecular weight is 380 g/mol. The summed E-state index contributed by atoms with van der Waals surface area (Å²) in [5, 5.41) is 2.06. The van der Waals surface area contributed by atoms with Gasteiger partial charge in [-0.2, -0.15) is 13.2 Å². The fourth-order valence-corrected chi connectivity index (χ4v) is 3.40. The summed E-state index contributed by atoms with van der Waals surface area (Å²) >= 11 is 0. The Morgan fingerprint density at radius 2 is 1.74 bits per heavy atom. The molecule has 1 N–H and O–H groups in total. The van der Waals surface area contributed by atoms with Crippen LogP contribution in [0.25, 0.3) is 10.8 Å². The van der Waals surface area contributed by atoms with Crippen molar-refractivity contribution in [3.05, 3.63) is 42.0 Å². The monoisotopic (exact) mass is 380 g/mol. The molecule has 2 aromatic rings. The van der Waals surface area contributed by atoms with E-state index in [2.05, 4.69) is 5.43 Å². The number of carbonyl (C=O) groups is 1. The molecular formula is C20H23F3N2O2. The molecule has 146 valence electrons. The molecule has 2 aromatic carbocycles. The van der Waals surface area contributed by atoms with E-state index in [1.807, 2.05) is 13.8 Å². The maximum Gasteiger partial charge on any atom is 0.409 e. The van der Waals surface area contributed by atoms with Gasteiger partial charge in [-0.3, -0.25) is 10.2 Å². The first kappa shape index (κ1) is 19.5. The summed E-state index contributed by atoms with van der Waals surface area (Å²) in [5.41, 5.74) is 1.61. The van der Waals surface area contributed by atoms with Crippen LogP contribution < -0.4 is 10.2 Å². The van der Waals surface area contributed by atoms with Gasteiger partial charge in [0.05, 0.1) is 11.5 Å². The van der Waals surface area contributed by atoms with Crippen LogP contribution in [0.5, 0.6) is 5.75 Å². The van der Waals surface area contributed by atoms with E-state index in [1.54, 1.807) is 44.2 Å². The molecule has 0 radical (unpaired) electrons. The highest BCUT2D eigenvalue weighted by molar-refractivity contribution is 5.91. The molecular weight excluding hydrogens is 357 g/mol. The van der Waals surface area contributed by atoms with Crippen molar-refractivity contribution in [1.82, 2.24) is 10.4 Å². The zero-order chi connectivity index (χ0) is 20.0. The number of benzene rings is 2. The topological polar surface area (TPSA) is 41.6 Å². The maximum absolute atomic E-state index is 14.1. The standard InChI is InChI=1S/C20H23F3N2O2/c1-12(2)27-16-10-6-7-13-14(16)8-5-9-15(13)17(20(21,22)23)25-11-19(3,4)18(26)24-25/h5-10,12,17H,11H2,1-4H3,(H,24,26)/t17-/m0/s1. The molecule has 0 unspecified atom stereocenters. The van der Waals surface area contributed by atoms with Crippen molar-refractivity contribution in [1.29, 1.82) is 0 Å². The van der Waals surface area contributed by atoms with Crippen LogP contribution in [0.15, 0.2) is 36.4 Å². The molecule has 1 saturated heterocycles. The number of alkyl halides is 3. The normalized spacial score (nSPS) is 18.7. The maximum atomic E-state index is 14.1. The van der Waals surface area contributed by atoms with Crippen LogP contribution in [0, 0.1) is 5.41 Å². The Morgan fingerprint density at radius 3 is 2.30 bits per heavy atom. The van der Waals surface area contributed by atoms with E-state index in [0.29, 0.717) is 16.5 Å². The fourth-order valence-electron chi connectivity index (χ4n) is 3.40. The molecule has 1 atom stereocenters. The molecule has 0 aliphatic carbocycles. The average Bonchev–Trinajstić information content (AvgIpc) is 2.79. The van der Waals surface area contributed by atoms with E-state index in [0.717, 1.165) is 5.01 Å². The van der Waals surface area contributed by atoms with Gasteiger partial charge in [0.2, 0.25) is 5.91 Å². The highest BCUT2D eigenvalue weighted by Crippen LogP contribution is 2.43. The smallest absolute Gasteiger partial charge is 0.409 e. The zero-order valence-electron chi connectivity index (χ0n) is 15.7. The lowest BCUT2D eigenvalue weighted by Crippen LogP contribution is -2.43. The summed E-state index contributed by atoms with van der Waals surface area (Å²) in [5.74, 6) is 0.122. The van der Waals surface area contributed by atoms with E-state index < -0.39 is 23.5 Å². The quantitative estimate of drug-likeness (QED) is 0.843. The number of rotatable bonds is 4. The van der Waals surface area contributed by atoms with Crippen molar-refractivity contribution < 1.29 is 22.7 Å². The molecule has 0 spiro atoms. The van der Waals surface area contributed by atoms with Gasteiger partial charge in [0.25, 0.3) is 0 Å². The molecule has 27 heavy (non-hydrogen) atoms. The van der Waals surface area contributed by atoms with Crippen molar-refractivity contribution in [2.45, 2.75) is 46.0 Å². The second kappa shape index (κ2) is 6.71. The highest BCUT2D eigenvalue weighted by atomic mass is 19.4. The largest absolute Gasteiger partial charge is 0.490 e. The molecule has 1 aliphatic heterocycles. The van der Waals surface area contributed by atoms with E-state index >= 15 is 0 Å². The number of carbonyl (C=O) groups excluding carboxylic acids is 1. The molecule has 1 amide bonds.